The maximum absolute atomic E-state index is 12.4. The minimum atomic E-state index is -4.41. The first-order valence-corrected chi connectivity index (χ1v) is 5.35. The molecule has 0 aliphatic heterocycles. The van der Waals surface area contributed by atoms with Crippen molar-refractivity contribution >= 4 is 12.0 Å². The second kappa shape index (κ2) is 6.10. The Balaban J connectivity index is 2.78. The first-order chi connectivity index (χ1) is 8.82. The minimum absolute atomic E-state index is 0.250. The van der Waals surface area contributed by atoms with Crippen molar-refractivity contribution in [2.75, 3.05) is 0 Å². The maximum atomic E-state index is 12.4. The summed E-state index contributed by atoms with van der Waals surface area (Å²) in [5.74, 6) is 1.49. The summed E-state index contributed by atoms with van der Waals surface area (Å²) >= 11 is 0. The molecule has 0 N–H and O–H groups in total. The van der Waals surface area contributed by atoms with Crippen LogP contribution in [0, 0.1) is 12.3 Å². The van der Waals surface area contributed by atoms with Crippen molar-refractivity contribution in [3.8, 4) is 12.3 Å². The Morgan fingerprint density at radius 1 is 1.47 bits per heavy atom. The molecular weight excluding hydrogens is 257 g/mol. The number of carbonyl (C=O) groups excluding carboxylic acids is 1. The monoisotopic (exact) mass is 268 g/mol. The summed E-state index contributed by atoms with van der Waals surface area (Å²) in [5, 5.41) is 0. The lowest BCUT2D eigenvalue weighted by Crippen LogP contribution is -2.10. The number of hydrogen-bond acceptors (Lipinski definition) is 2. The summed E-state index contributed by atoms with van der Waals surface area (Å²) < 4.78 is 42.1. The first-order valence-electron chi connectivity index (χ1n) is 5.35. The summed E-state index contributed by atoms with van der Waals surface area (Å²) in [5.41, 5.74) is -0.528. The Morgan fingerprint density at radius 3 is 2.74 bits per heavy atom. The van der Waals surface area contributed by atoms with Crippen LogP contribution >= 0.6 is 0 Å². The van der Waals surface area contributed by atoms with Crippen LogP contribution < -0.4 is 0 Å². The van der Waals surface area contributed by atoms with Gasteiger partial charge in [-0.1, -0.05) is 18.1 Å². The molecule has 1 aromatic carbocycles. The van der Waals surface area contributed by atoms with Crippen LogP contribution in [0.5, 0.6) is 0 Å². The van der Waals surface area contributed by atoms with Gasteiger partial charge >= 0.3 is 12.1 Å². The number of rotatable bonds is 3. The van der Waals surface area contributed by atoms with Gasteiger partial charge in [0.1, 0.15) is 0 Å². The van der Waals surface area contributed by atoms with Crippen molar-refractivity contribution in [2.45, 2.75) is 19.2 Å². The zero-order valence-electron chi connectivity index (χ0n) is 10.1. The Kier molecular flexibility index (Phi) is 4.76. The highest BCUT2D eigenvalue weighted by Gasteiger charge is 2.30. The van der Waals surface area contributed by atoms with Gasteiger partial charge in [-0.25, -0.2) is 4.79 Å². The molecule has 0 spiro atoms. The highest BCUT2D eigenvalue weighted by atomic mass is 19.4. The standard InChI is InChI=1S/C14H11F3O2/c1-3-10(2)19-13(18)8-7-11-5-4-6-12(9-11)14(15,16)17/h1,4-10H,2H3/b8-7+. The highest BCUT2D eigenvalue weighted by molar-refractivity contribution is 5.87. The van der Waals surface area contributed by atoms with Gasteiger partial charge in [-0.15, -0.1) is 6.42 Å². The molecule has 1 unspecified atom stereocenters. The van der Waals surface area contributed by atoms with Crippen LogP contribution in [0.3, 0.4) is 0 Å². The van der Waals surface area contributed by atoms with Crippen molar-refractivity contribution in [1.29, 1.82) is 0 Å². The van der Waals surface area contributed by atoms with Gasteiger partial charge in [0, 0.05) is 6.08 Å². The number of terminal acetylenes is 1. The third kappa shape index (κ3) is 4.88. The van der Waals surface area contributed by atoms with Crippen LogP contribution in [0.4, 0.5) is 13.2 Å². The number of alkyl halides is 3. The lowest BCUT2D eigenvalue weighted by Gasteiger charge is -2.06. The van der Waals surface area contributed by atoms with Gasteiger partial charge in [0.15, 0.2) is 6.10 Å². The molecule has 2 nitrogen and oxygen atoms in total. The predicted octanol–water partition coefficient (Wildman–Crippen LogP) is 3.28. The van der Waals surface area contributed by atoms with Gasteiger partial charge in [-0.05, 0) is 30.7 Å². The van der Waals surface area contributed by atoms with Crippen molar-refractivity contribution < 1.29 is 22.7 Å². The van der Waals surface area contributed by atoms with E-state index < -0.39 is 23.8 Å². The summed E-state index contributed by atoms with van der Waals surface area (Å²) in [7, 11) is 0. The lowest BCUT2D eigenvalue weighted by atomic mass is 10.1. The fourth-order valence-corrected chi connectivity index (χ4v) is 1.23. The molecule has 0 aromatic heterocycles. The highest BCUT2D eigenvalue weighted by Crippen LogP contribution is 2.29. The fourth-order valence-electron chi connectivity index (χ4n) is 1.23. The molecule has 0 saturated heterocycles. The van der Waals surface area contributed by atoms with Gasteiger partial charge in [0.2, 0.25) is 0 Å². The number of benzene rings is 1. The Hall–Kier alpha value is -2.22. The number of esters is 1. The molecule has 0 saturated carbocycles. The molecule has 5 heteroatoms. The molecule has 1 rings (SSSR count). The molecule has 0 heterocycles. The third-order valence-electron chi connectivity index (χ3n) is 2.15. The number of carbonyl (C=O) groups is 1. The summed E-state index contributed by atoms with van der Waals surface area (Å²) in [6, 6.07) is 4.60. The zero-order valence-corrected chi connectivity index (χ0v) is 10.1. The predicted molar refractivity (Wildman–Crippen MR) is 64.9 cm³/mol. The normalized spacial score (nSPS) is 13.0. The first kappa shape index (κ1) is 14.8. The summed E-state index contributed by atoms with van der Waals surface area (Å²) in [6.45, 7) is 1.51. The van der Waals surface area contributed by atoms with E-state index in [-0.39, 0.29) is 5.56 Å². The number of hydrogen-bond donors (Lipinski definition) is 0. The topological polar surface area (TPSA) is 26.3 Å². The van der Waals surface area contributed by atoms with E-state index in [1.807, 2.05) is 0 Å². The Labute approximate surface area is 108 Å². The molecule has 0 amide bonds. The lowest BCUT2D eigenvalue weighted by molar-refractivity contribution is -0.139. The van der Waals surface area contributed by atoms with Crippen molar-refractivity contribution in [1.82, 2.24) is 0 Å². The minimum Gasteiger partial charge on any atom is -0.446 e. The molecule has 19 heavy (non-hydrogen) atoms. The fraction of sp³-hybridized carbons (Fsp3) is 0.214. The third-order valence-corrected chi connectivity index (χ3v) is 2.15. The molecule has 100 valence electrons. The van der Waals surface area contributed by atoms with Gasteiger partial charge in [-0.2, -0.15) is 13.2 Å². The van der Waals surface area contributed by atoms with E-state index in [2.05, 4.69) is 5.92 Å². The molecule has 1 aromatic rings. The Morgan fingerprint density at radius 2 is 2.16 bits per heavy atom. The summed E-state index contributed by atoms with van der Waals surface area (Å²) in [6.07, 6.45) is 2.19. The second-order valence-electron chi connectivity index (χ2n) is 3.70. The van der Waals surface area contributed by atoms with E-state index in [1.54, 1.807) is 0 Å². The van der Waals surface area contributed by atoms with Crippen molar-refractivity contribution in [3.63, 3.8) is 0 Å². The van der Waals surface area contributed by atoms with Crippen LogP contribution in [0.25, 0.3) is 6.08 Å². The van der Waals surface area contributed by atoms with E-state index in [4.69, 9.17) is 11.2 Å². The average molecular weight is 268 g/mol. The number of ether oxygens (including phenoxy) is 1. The maximum Gasteiger partial charge on any atom is 0.416 e. The smallest absolute Gasteiger partial charge is 0.416 e. The second-order valence-corrected chi connectivity index (χ2v) is 3.70. The van der Waals surface area contributed by atoms with Gasteiger partial charge < -0.3 is 4.74 Å². The zero-order chi connectivity index (χ0) is 14.5. The Bertz CT molecular complexity index is 524. The van der Waals surface area contributed by atoms with Gasteiger partial charge in [0.25, 0.3) is 0 Å². The van der Waals surface area contributed by atoms with Crippen LogP contribution in [-0.4, -0.2) is 12.1 Å². The van der Waals surface area contributed by atoms with Gasteiger partial charge in [0.05, 0.1) is 5.56 Å². The molecule has 0 fully saturated rings. The molecule has 1 atom stereocenters. The largest absolute Gasteiger partial charge is 0.446 e. The van der Waals surface area contributed by atoms with E-state index >= 15 is 0 Å². The molecule has 0 aliphatic carbocycles. The van der Waals surface area contributed by atoms with Crippen LogP contribution in [-0.2, 0) is 15.7 Å². The van der Waals surface area contributed by atoms with Crippen molar-refractivity contribution in [2.24, 2.45) is 0 Å². The average Bonchev–Trinajstić information content (AvgIpc) is 2.35. The van der Waals surface area contributed by atoms with Crippen LogP contribution in [0.1, 0.15) is 18.1 Å². The van der Waals surface area contributed by atoms with Crippen LogP contribution in [0.15, 0.2) is 30.3 Å². The molecule has 0 bridgehead atoms. The SMILES string of the molecule is C#CC(C)OC(=O)/C=C/c1cccc(C(F)(F)F)c1. The molecule has 0 radical (unpaired) electrons. The number of halogens is 3. The molecule has 0 aliphatic rings. The van der Waals surface area contributed by atoms with E-state index in [9.17, 15) is 18.0 Å². The van der Waals surface area contributed by atoms with E-state index in [1.165, 1.54) is 25.1 Å². The van der Waals surface area contributed by atoms with Crippen LogP contribution in [0.2, 0.25) is 0 Å². The van der Waals surface area contributed by atoms with E-state index in [0.717, 1.165) is 18.2 Å². The quantitative estimate of drug-likeness (QED) is 0.477. The van der Waals surface area contributed by atoms with E-state index in [0.29, 0.717) is 0 Å². The summed E-state index contributed by atoms with van der Waals surface area (Å²) in [4.78, 5) is 11.2. The van der Waals surface area contributed by atoms with Gasteiger partial charge in [-0.3, -0.25) is 0 Å². The van der Waals surface area contributed by atoms with Crippen molar-refractivity contribution in [3.05, 3.63) is 41.5 Å². The molecular formula is C14H11F3O2.